The number of hydrogen-bond acceptors (Lipinski definition) is 6. The highest BCUT2D eigenvalue weighted by atomic mass is 16.5. The number of hydrogen-bond donors (Lipinski definition) is 3. The molecule has 3 rings (SSSR count). The van der Waals surface area contributed by atoms with E-state index < -0.39 is 6.10 Å². The number of ketones is 1. The van der Waals surface area contributed by atoms with Gasteiger partial charge < -0.3 is 25.8 Å². The highest BCUT2D eigenvalue weighted by Gasteiger charge is 2.31. The number of benzene rings is 2. The molecule has 0 radical (unpaired) electrons. The molecule has 29 heavy (non-hydrogen) atoms. The fourth-order valence-corrected chi connectivity index (χ4v) is 2.88. The van der Waals surface area contributed by atoms with Crippen LogP contribution in [0.15, 0.2) is 48.5 Å². The Kier molecular flexibility index (Phi) is 6.58. The lowest BCUT2D eigenvalue weighted by Gasteiger charge is -2.15. The van der Waals surface area contributed by atoms with E-state index in [4.69, 9.17) is 10.5 Å². The van der Waals surface area contributed by atoms with Gasteiger partial charge >= 0.3 is 0 Å². The van der Waals surface area contributed by atoms with Gasteiger partial charge in [0.25, 0.3) is 11.8 Å². The summed E-state index contributed by atoms with van der Waals surface area (Å²) < 4.78 is 5.44. The summed E-state index contributed by atoms with van der Waals surface area (Å²) in [5.74, 6) is -0.398. The smallest absolute Gasteiger partial charge is 0.261 e. The van der Waals surface area contributed by atoms with Crippen molar-refractivity contribution in [3.05, 3.63) is 65.2 Å². The lowest BCUT2D eigenvalue weighted by atomic mass is 10.1. The lowest BCUT2D eigenvalue weighted by Crippen LogP contribution is -2.33. The van der Waals surface area contributed by atoms with Gasteiger partial charge in [0.15, 0.2) is 12.4 Å². The van der Waals surface area contributed by atoms with Crippen LogP contribution in [0.3, 0.4) is 0 Å². The number of amides is 2. The van der Waals surface area contributed by atoms with Gasteiger partial charge in [0.05, 0.1) is 13.1 Å². The van der Waals surface area contributed by atoms with Crippen molar-refractivity contribution in [2.75, 3.05) is 19.7 Å². The molecule has 0 bridgehead atoms. The minimum absolute atomic E-state index is 0.00854. The van der Waals surface area contributed by atoms with Crippen molar-refractivity contribution in [2.24, 2.45) is 5.73 Å². The molecule has 1 unspecified atom stereocenters. The summed E-state index contributed by atoms with van der Waals surface area (Å²) in [6.07, 6.45) is -1.10. The van der Waals surface area contributed by atoms with Gasteiger partial charge in [-0.1, -0.05) is 24.3 Å². The molecule has 1 atom stereocenters. The Labute approximate surface area is 168 Å². The number of nitrogens with two attached hydrogens (primary N) is 1. The van der Waals surface area contributed by atoms with Gasteiger partial charge in [-0.2, -0.15) is 0 Å². The Bertz CT molecular complexity index is 880. The third kappa shape index (κ3) is 5.40. The molecule has 0 aliphatic carbocycles. The molecule has 0 saturated carbocycles. The number of nitrogens with one attached hydrogen (secondary N) is 1. The summed E-state index contributed by atoms with van der Waals surface area (Å²) in [6.45, 7) is 0.491. The molecule has 1 fully saturated rings. The molecule has 1 aliphatic heterocycles. The quantitative estimate of drug-likeness (QED) is 0.615. The molecule has 0 spiro atoms. The van der Waals surface area contributed by atoms with Crippen LogP contribution < -0.4 is 15.8 Å². The maximum Gasteiger partial charge on any atom is 0.261 e. The van der Waals surface area contributed by atoms with Crippen molar-refractivity contribution in [3.63, 3.8) is 0 Å². The van der Waals surface area contributed by atoms with Crippen molar-refractivity contribution in [2.45, 2.75) is 19.2 Å². The Morgan fingerprint density at radius 1 is 1.10 bits per heavy atom. The molecule has 8 heteroatoms. The number of rotatable bonds is 7. The molecule has 1 aliphatic rings. The zero-order valence-corrected chi connectivity index (χ0v) is 15.8. The topological polar surface area (TPSA) is 122 Å². The molecule has 4 N–H and O–H groups in total. The van der Waals surface area contributed by atoms with Crippen molar-refractivity contribution >= 4 is 17.6 Å². The van der Waals surface area contributed by atoms with Crippen molar-refractivity contribution in [3.8, 4) is 5.75 Å². The number of aliphatic hydroxyl groups is 1. The maximum absolute atomic E-state index is 12.2. The SMILES string of the molecule is NCc1ccc(C(=O)NCc2ccc(OCC(=O)N3CC(=O)C(O)C3)cc2)cc1. The summed E-state index contributed by atoms with van der Waals surface area (Å²) >= 11 is 0. The Balaban J connectivity index is 1.45. The van der Waals surface area contributed by atoms with E-state index >= 15 is 0 Å². The fourth-order valence-electron chi connectivity index (χ4n) is 2.88. The zero-order valence-electron chi connectivity index (χ0n) is 15.8. The van der Waals surface area contributed by atoms with Crippen LogP contribution >= 0.6 is 0 Å². The van der Waals surface area contributed by atoms with Crippen LogP contribution in [0.2, 0.25) is 0 Å². The highest BCUT2D eigenvalue weighted by Crippen LogP contribution is 2.13. The number of Topliss-reactive ketones (excluding diaryl/α,β-unsaturated/α-hetero) is 1. The number of likely N-dealkylation sites (tertiary alicyclic amines) is 1. The summed E-state index contributed by atoms with van der Waals surface area (Å²) in [6, 6.07) is 14.1. The standard InChI is InChI=1S/C21H23N3O5/c22-9-14-1-5-16(6-2-14)21(28)23-10-15-3-7-17(8-4-15)29-13-20(27)24-11-18(25)19(26)12-24/h1-8,18,25H,9-13,22H2,(H,23,28). The highest BCUT2D eigenvalue weighted by molar-refractivity contribution is 5.94. The van der Waals surface area contributed by atoms with Gasteiger partial charge in [0, 0.05) is 18.7 Å². The number of carbonyl (C=O) groups excluding carboxylic acids is 3. The van der Waals surface area contributed by atoms with Crippen LogP contribution in [0.1, 0.15) is 21.5 Å². The van der Waals surface area contributed by atoms with Gasteiger partial charge in [0.2, 0.25) is 0 Å². The second kappa shape index (κ2) is 9.31. The van der Waals surface area contributed by atoms with E-state index in [9.17, 15) is 19.5 Å². The third-order valence-corrected chi connectivity index (χ3v) is 4.65. The monoisotopic (exact) mass is 397 g/mol. The molecule has 152 valence electrons. The number of carbonyl (C=O) groups is 3. The van der Waals surface area contributed by atoms with Gasteiger partial charge in [-0.25, -0.2) is 0 Å². The lowest BCUT2D eigenvalue weighted by molar-refractivity contribution is -0.133. The predicted octanol–water partition coefficient (Wildman–Crippen LogP) is 0.226. The largest absolute Gasteiger partial charge is 0.484 e. The number of aliphatic hydroxyl groups excluding tert-OH is 1. The van der Waals surface area contributed by atoms with Crippen LogP contribution in [-0.2, 0) is 22.7 Å². The molecule has 8 nitrogen and oxygen atoms in total. The van der Waals surface area contributed by atoms with Crippen LogP contribution in [0.4, 0.5) is 0 Å². The third-order valence-electron chi connectivity index (χ3n) is 4.65. The first-order chi connectivity index (χ1) is 14.0. The Hall–Kier alpha value is -3.23. The first-order valence-electron chi connectivity index (χ1n) is 9.24. The van der Waals surface area contributed by atoms with E-state index in [2.05, 4.69) is 5.32 Å². The van der Waals surface area contributed by atoms with E-state index in [1.54, 1.807) is 36.4 Å². The van der Waals surface area contributed by atoms with E-state index in [1.807, 2.05) is 12.1 Å². The zero-order chi connectivity index (χ0) is 20.8. The van der Waals surface area contributed by atoms with Gasteiger partial charge in [-0.05, 0) is 35.4 Å². The van der Waals surface area contributed by atoms with Gasteiger partial charge in [-0.15, -0.1) is 0 Å². The fraction of sp³-hybridized carbons (Fsp3) is 0.286. The molecular formula is C21H23N3O5. The van der Waals surface area contributed by atoms with Crippen molar-refractivity contribution < 1.29 is 24.2 Å². The van der Waals surface area contributed by atoms with Crippen LogP contribution in [0, 0.1) is 0 Å². The van der Waals surface area contributed by atoms with Crippen LogP contribution in [0.25, 0.3) is 0 Å². The van der Waals surface area contributed by atoms with Gasteiger partial charge in [-0.3, -0.25) is 14.4 Å². The normalized spacial score (nSPS) is 16.0. The molecule has 1 heterocycles. The summed E-state index contributed by atoms with van der Waals surface area (Å²) in [7, 11) is 0. The molecule has 2 aromatic rings. The number of β-amino-alcohol motifs (C(OH)–C–C–N with tert-alkyl or cyclic N) is 1. The second-order valence-electron chi connectivity index (χ2n) is 6.77. The maximum atomic E-state index is 12.2. The van der Waals surface area contributed by atoms with E-state index in [0.29, 0.717) is 24.4 Å². The Morgan fingerprint density at radius 2 is 1.76 bits per heavy atom. The van der Waals surface area contributed by atoms with E-state index in [1.165, 1.54) is 4.90 Å². The van der Waals surface area contributed by atoms with E-state index in [0.717, 1.165) is 11.1 Å². The minimum atomic E-state index is -1.10. The number of nitrogens with zero attached hydrogens (tertiary/aromatic N) is 1. The van der Waals surface area contributed by atoms with Crippen molar-refractivity contribution in [1.29, 1.82) is 0 Å². The van der Waals surface area contributed by atoms with Crippen LogP contribution in [-0.4, -0.2) is 53.4 Å². The molecule has 0 aromatic heterocycles. The van der Waals surface area contributed by atoms with E-state index in [-0.39, 0.29) is 37.3 Å². The molecular weight excluding hydrogens is 374 g/mol. The Morgan fingerprint density at radius 3 is 2.34 bits per heavy atom. The number of ether oxygens (including phenoxy) is 1. The van der Waals surface area contributed by atoms with Gasteiger partial charge in [0.1, 0.15) is 11.9 Å². The summed E-state index contributed by atoms with van der Waals surface area (Å²) in [5.41, 5.74) is 7.95. The summed E-state index contributed by atoms with van der Waals surface area (Å²) in [5, 5.41) is 12.2. The summed E-state index contributed by atoms with van der Waals surface area (Å²) in [4.78, 5) is 36.8. The average Bonchev–Trinajstić information content (AvgIpc) is 3.09. The predicted molar refractivity (Wildman–Crippen MR) is 105 cm³/mol. The minimum Gasteiger partial charge on any atom is -0.484 e. The van der Waals surface area contributed by atoms with Crippen molar-refractivity contribution in [1.82, 2.24) is 10.2 Å². The molecule has 2 amide bonds. The first kappa shape index (κ1) is 20.5. The molecule has 1 saturated heterocycles. The average molecular weight is 397 g/mol. The van der Waals surface area contributed by atoms with Crippen LogP contribution in [0.5, 0.6) is 5.75 Å². The second-order valence-corrected chi connectivity index (χ2v) is 6.77. The molecule has 2 aromatic carbocycles. The first-order valence-corrected chi connectivity index (χ1v) is 9.24.